The fraction of sp³-hybridized carbons (Fsp3) is 0.178. The molecule has 0 saturated carbocycles. The molecule has 3 nitrogen and oxygen atoms in total. The summed E-state index contributed by atoms with van der Waals surface area (Å²) in [5.41, 5.74) is 9.01. The number of rotatable bonds is 3. The van der Waals surface area contributed by atoms with Crippen LogP contribution in [0.5, 0.6) is 0 Å². The predicted molar refractivity (Wildman–Crippen MR) is 203 cm³/mol. The lowest BCUT2D eigenvalue weighted by molar-refractivity contribution is 0.584. The van der Waals surface area contributed by atoms with Gasteiger partial charge in [0.15, 0.2) is 0 Å². The second kappa shape index (κ2) is 11.1. The molecule has 0 aliphatic heterocycles. The minimum Gasteiger partial charge on any atom is -0.307 e. The molecule has 8 aromatic rings. The predicted octanol–water partition coefficient (Wildman–Crippen LogP) is 12.3. The molecule has 5 heteroatoms. The van der Waals surface area contributed by atoms with Gasteiger partial charge in [-0.2, -0.15) is 5.26 Å². The fourth-order valence-electron chi connectivity index (χ4n) is 7.37. The zero-order valence-corrected chi connectivity index (χ0v) is 29.1. The number of benzene rings is 6. The molecular formula is C45H37F2N3. The van der Waals surface area contributed by atoms with Crippen LogP contribution in [-0.2, 0) is 10.8 Å². The van der Waals surface area contributed by atoms with Crippen molar-refractivity contribution in [3.8, 4) is 28.6 Å². The molecule has 50 heavy (non-hydrogen) atoms. The summed E-state index contributed by atoms with van der Waals surface area (Å²) < 4.78 is 33.9. The third-order valence-corrected chi connectivity index (χ3v) is 9.97. The zero-order valence-electron chi connectivity index (χ0n) is 29.1. The van der Waals surface area contributed by atoms with Gasteiger partial charge in [0.25, 0.3) is 0 Å². The first kappa shape index (κ1) is 31.5. The summed E-state index contributed by atoms with van der Waals surface area (Å²) in [6.45, 7) is 13.3. The normalized spacial score (nSPS) is 12.4. The van der Waals surface area contributed by atoms with E-state index < -0.39 is 11.6 Å². The largest absolute Gasteiger partial charge is 0.307 e. The maximum atomic E-state index is 14.7. The summed E-state index contributed by atoms with van der Waals surface area (Å²) in [5, 5.41) is 15.0. The van der Waals surface area contributed by atoms with Crippen LogP contribution in [0.1, 0.15) is 58.2 Å². The van der Waals surface area contributed by atoms with E-state index >= 15 is 0 Å². The monoisotopic (exact) mass is 657 g/mol. The number of hydrogen-bond donors (Lipinski definition) is 0. The highest BCUT2D eigenvalue weighted by Gasteiger charge is 2.24. The van der Waals surface area contributed by atoms with Gasteiger partial charge in [0.2, 0.25) is 0 Å². The summed E-state index contributed by atoms with van der Waals surface area (Å²) in [7, 11) is 0. The number of para-hydroxylation sites is 2. The second-order valence-electron chi connectivity index (χ2n) is 15.3. The van der Waals surface area contributed by atoms with E-state index in [0.29, 0.717) is 16.7 Å². The Morgan fingerprint density at radius 1 is 0.500 bits per heavy atom. The van der Waals surface area contributed by atoms with E-state index in [-0.39, 0.29) is 10.8 Å². The minimum atomic E-state index is -0.696. The number of nitrogens with zero attached hydrogens (tertiary/aromatic N) is 3. The van der Waals surface area contributed by atoms with Crippen molar-refractivity contribution in [2.75, 3.05) is 0 Å². The van der Waals surface area contributed by atoms with Crippen LogP contribution in [0.15, 0.2) is 115 Å². The molecule has 0 unspecified atom stereocenters. The molecule has 0 bridgehead atoms. The molecular weight excluding hydrogens is 621 g/mol. The highest BCUT2D eigenvalue weighted by molar-refractivity contribution is 6.12. The Balaban J connectivity index is 1.56. The van der Waals surface area contributed by atoms with Crippen LogP contribution in [0.4, 0.5) is 8.78 Å². The number of fused-ring (bicyclic) bond motifs is 6. The summed E-state index contributed by atoms with van der Waals surface area (Å²) in [5.74, 6) is -1.39. The van der Waals surface area contributed by atoms with Crippen molar-refractivity contribution in [2.45, 2.75) is 52.4 Å². The lowest BCUT2D eigenvalue weighted by Gasteiger charge is -2.21. The van der Waals surface area contributed by atoms with Gasteiger partial charge in [0, 0.05) is 33.2 Å². The van der Waals surface area contributed by atoms with Crippen LogP contribution >= 0.6 is 0 Å². The first-order chi connectivity index (χ1) is 23.8. The highest BCUT2D eigenvalue weighted by Crippen LogP contribution is 2.42. The van der Waals surface area contributed by atoms with E-state index in [1.807, 2.05) is 24.3 Å². The van der Waals surface area contributed by atoms with E-state index in [9.17, 15) is 14.0 Å². The van der Waals surface area contributed by atoms with Crippen LogP contribution in [0.3, 0.4) is 0 Å². The SMILES string of the molecule is CC(C)(C)c1ccc2c(c1)c1ccccc1n2-c1cc(C#N)c(-c2cc(F)cc(F)c2)cc1-n1c2ccccc2c2cc(C(C)(C)C)ccc21. The standard InChI is InChI=1S/C45H37F2N3/c1-44(2,3)29-15-17-40-36(22-29)33-11-7-9-13-38(33)49(40)42-21-28(26-48)35(27-19-31(46)24-32(47)20-27)25-43(42)50-39-14-10-8-12-34(39)37-23-30(45(4,5)6)16-18-41(37)50/h7-25H,1-6H3. The Morgan fingerprint density at radius 3 is 1.40 bits per heavy atom. The maximum absolute atomic E-state index is 14.7. The number of nitriles is 1. The number of hydrogen-bond acceptors (Lipinski definition) is 1. The molecule has 0 saturated heterocycles. The summed E-state index contributed by atoms with van der Waals surface area (Å²) >= 11 is 0. The van der Waals surface area contributed by atoms with Crippen LogP contribution in [0.25, 0.3) is 66.1 Å². The zero-order chi connectivity index (χ0) is 35.1. The van der Waals surface area contributed by atoms with Crippen LogP contribution < -0.4 is 0 Å². The number of halogens is 2. The van der Waals surface area contributed by atoms with Crippen molar-refractivity contribution in [2.24, 2.45) is 0 Å². The first-order valence-electron chi connectivity index (χ1n) is 17.0. The van der Waals surface area contributed by atoms with Gasteiger partial charge in [-0.3, -0.25) is 0 Å². The van der Waals surface area contributed by atoms with Gasteiger partial charge in [-0.05, 0) is 88.2 Å². The van der Waals surface area contributed by atoms with E-state index in [1.54, 1.807) is 0 Å². The smallest absolute Gasteiger partial charge is 0.126 e. The Labute approximate surface area is 290 Å². The van der Waals surface area contributed by atoms with E-state index in [4.69, 9.17) is 0 Å². The van der Waals surface area contributed by atoms with Gasteiger partial charge < -0.3 is 9.13 Å². The lowest BCUT2D eigenvalue weighted by Crippen LogP contribution is -2.11. The maximum Gasteiger partial charge on any atom is 0.126 e. The Bertz CT molecular complexity index is 2690. The average molecular weight is 658 g/mol. The molecule has 0 fully saturated rings. The van der Waals surface area contributed by atoms with Crippen molar-refractivity contribution in [3.63, 3.8) is 0 Å². The Kier molecular flexibility index (Phi) is 7.03. The summed E-state index contributed by atoms with van der Waals surface area (Å²) in [6, 6.07) is 39.5. The Hall–Kier alpha value is -5.73. The molecule has 0 aliphatic rings. The van der Waals surface area contributed by atoms with Crippen molar-refractivity contribution in [3.05, 3.63) is 144 Å². The van der Waals surface area contributed by atoms with Gasteiger partial charge in [-0.1, -0.05) is 90.1 Å². The topological polar surface area (TPSA) is 33.6 Å². The van der Waals surface area contributed by atoms with E-state index in [1.165, 1.54) is 23.3 Å². The molecule has 8 rings (SSSR count). The van der Waals surface area contributed by atoms with Crippen LogP contribution in [0.2, 0.25) is 0 Å². The summed E-state index contributed by atoms with van der Waals surface area (Å²) in [4.78, 5) is 0. The van der Waals surface area contributed by atoms with Crippen molar-refractivity contribution >= 4 is 43.6 Å². The molecule has 0 aliphatic carbocycles. The van der Waals surface area contributed by atoms with E-state index in [2.05, 4.69) is 130 Å². The molecule has 0 radical (unpaired) electrons. The van der Waals surface area contributed by atoms with Gasteiger partial charge in [0.1, 0.15) is 11.6 Å². The van der Waals surface area contributed by atoms with Crippen molar-refractivity contribution in [1.29, 1.82) is 5.26 Å². The quantitative estimate of drug-likeness (QED) is 0.186. The third-order valence-electron chi connectivity index (χ3n) is 9.97. The highest BCUT2D eigenvalue weighted by atomic mass is 19.1. The van der Waals surface area contributed by atoms with Gasteiger partial charge in [-0.25, -0.2) is 8.78 Å². The molecule has 246 valence electrons. The van der Waals surface area contributed by atoms with Crippen molar-refractivity contribution < 1.29 is 8.78 Å². The molecule has 2 heterocycles. The number of aromatic nitrogens is 2. The molecule has 6 aromatic carbocycles. The van der Waals surface area contributed by atoms with Gasteiger partial charge in [0.05, 0.1) is 45.1 Å². The van der Waals surface area contributed by atoms with Gasteiger partial charge >= 0.3 is 0 Å². The molecule has 0 spiro atoms. The van der Waals surface area contributed by atoms with Crippen LogP contribution in [-0.4, -0.2) is 9.13 Å². The summed E-state index contributed by atoms with van der Waals surface area (Å²) in [6.07, 6.45) is 0. The minimum absolute atomic E-state index is 0.0483. The van der Waals surface area contributed by atoms with E-state index in [0.717, 1.165) is 61.1 Å². The molecule has 2 aromatic heterocycles. The molecule has 0 atom stereocenters. The van der Waals surface area contributed by atoms with Crippen LogP contribution in [0, 0.1) is 23.0 Å². The first-order valence-corrected chi connectivity index (χ1v) is 17.0. The lowest BCUT2D eigenvalue weighted by atomic mass is 9.86. The Morgan fingerprint density at radius 2 is 0.940 bits per heavy atom. The van der Waals surface area contributed by atoms with Gasteiger partial charge in [-0.15, -0.1) is 0 Å². The average Bonchev–Trinajstić information content (AvgIpc) is 3.58. The fourth-order valence-corrected chi connectivity index (χ4v) is 7.37. The molecule has 0 amide bonds. The second-order valence-corrected chi connectivity index (χ2v) is 15.3. The van der Waals surface area contributed by atoms with Crippen molar-refractivity contribution in [1.82, 2.24) is 9.13 Å². The third kappa shape index (κ3) is 4.98. The molecule has 0 N–H and O–H groups in total.